The number of halogens is 3. The fourth-order valence-corrected chi connectivity index (χ4v) is 3.74. The molecule has 0 atom stereocenters. The molecule has 0 unspecified atom stereocenters. The molecule has 3 aromatic rings. The van der Waals surface area contributed by atoms with E-state index >= 15 is 0 Å². The van der Waals surface area contributed by atoms with Crippen molar-refractivity contribution in [3.63, 3.8) is 0 Å². The Labute approximate surface area is 190 Å². The van der Waals surface area contributed by atoms with Gasteiger partial charge in [-0.05, 0) is 56.2 Å². The number of rotatable bonds is 7. The van der Waals surface area contributed by atoms with E-state index < -0.39 is 0 Å². The van der Waals surface area contributed by atoms with Crippen LogP contribution in [0.5, 0.6) is 0 Å². The van der Waals surface area contributed by atoms with Crippen molar-refractivity contribution >= 4 is 58.0 Å². The van der Waals surface area contributed by atoms with Gasteiger partial charge in [-0.3, -0.25) is 9.36 Å². The smallest absolute Gasteiger partial charge is 0.173 e. The molecule has 1 aromatic carbocycles. The molecule has 0 aliphatic heterocycles. The van der Waals surface area contributed by atoms with Crippen LogP contribution in [0, 0.1) is 13.8 Å². The second-order valence-electron chi connectivity index (χ2n) is 6.64. The highest BCUT2D eigenvalue weighted by molar-refractivity contribution is 7.80. The van der Waals surface area contributed by atoms with Crippen LogP contribution in [0.3, 0.4) is 0 Å². The van der Waals surface area contributed by atoms with Gasteiger partial charge in [-0.2, -0.15) is 10.2 Å². The first-order valence-electron chi connectivity index (χ1n) is 9.04. The zero-order valence-corrected chi connectivity index (χ0v) is 19.1. The first kappa shape index (κ1) is 21.9. The molecule has 0 bridgehead atoms. The van der Waals surface area contributed by atoms with Gasteiger partial charge in [0.05, 0.1) is 12.2 Å². The zero-order valence-electron chi connectivity index (χ0n) is 16.0. The van der Waals surface area contributed by atoms with E-state index in [9.17, 15) is 0 Å². The highest BCUT2D eigenvalue weighted by Gasteiger charge is 2.10. The van der Waals surface area contributed by atoms with Gasteiger partial charge in [-0.25, -0.2) is 0 Å². The van der Waals surface area contributed by atoms with Gasteiger partial charge in [0.1, 0.15) is 5.02 Å². The maximum absolute atomic E-state index is 6.28. The lowest BCUT2D eigenvalue weighted by molar-refractivity contribution is 0.558. The van der Waals surface area contributed by atoms with Gasteiger partial charge in [0.25, 0.3) is 0 Å². The Bertz CT molecular complexity index is 1010. The third-order valence-corrected chi connectivity index (χ3v) is 5.34. The minimum absolute atomic E-state index is 0.468. The number of hydrogen-bond acceptors (Lipinski definition) is 3. The highest BCUT2D eigenvalue weighted by Crippen LogP contribution is 2.24. The van der Waals surface area contributed by atoms with Crippen molar-refractivity contribution in [2.75, 3.05) is 11.9 Å². The molecule has 0 aliphatic rings. The Morgan fingerprint density at radius 1 is 1.10 bits per heavy atom. The van der Waals surface area contributed by atoms with Crippen molar-refractivity contribution < 1.29 is 0 Å². The molecule has 6 nitrogen and oxygen atoms in total. The van der Waals surface area contributed by atoms with Crippen LogP contribution in [0.15, 0.2) is 30.5 Å². The van der Waals surface area contributed by atoms with Crippen LogP contribution >= 0.6 is 47.0 Å². The van der Waals surface area contributed by atoms with Crippen molar-refractivity contribution in [1.29, 1.82) is 0 Å². The highest BCUT2D eigenvalue weighted by atomic mass is 35.5. The average molecular weight is 472 g/mol. The molecule has 0 radical (unpaired) electrons. The first-order chi connectivity index (χ1) is 13.8. The van der Waals surface area contributed by atoms with Crippen LogP contribution in [-0.2, 0) is 13.1 Å². The summed E-state index contributed by atoms with van der Waals surface area (Å²) in [5, 5.41) is 17.2. The number of aryl methyl sites for hydroxylation is 3. The number of benzene rings is 1. The van der Waals surface area contributed by atoms with E-state index in [2.05, 4.69) is 33.8 Å². The molecule has 3 rings (SSSR count). The molecule has 0 saturated heterocycles. The molecule has 2 aromatic heterocycles. The lowest BCUT2D eigenvalue weighted by atomic mass is 10.2. The van der Waals surface area contributed by atoms with Crippen LogP contribution in [0.4, 0.5) is 5.82 Å². The summed E-state index contributed by atoms with van der Waals surface area (Å²) in [7, 11) is 0. The van der Waals surface area contributed by atoms with Gasteiger partial charge in [-0.1, -0.05) is 40.9 Å². The van der Waals surface area contributed by atoms with Gasteiger partial charge in [0.2, 0.25) is 0 Å². The van der Waals surface area contributed by atoms with E-state index in [1.807, 2.05) is 17.7 Å². The lowest BCUT2D eigenvalue weighted by Crippen LogP contribution is -2.30. The topological polar surface area (TPSA) is 59.7 Å². The van der Waals surface area contributed by atoms with E-state index in [4.69, 9.17) is 47.0 Å². The maximum Gasteiger partial charge on any atom is 0.173 e. The molecular weight excluding hydrogens is 451 g/mol. The summed E-state index contributed by atoms with van der Waals surface area (Å²) < 4.78 is 3.69. The first-order valence-corrected chi connectivity index (χ1v) is 10.6. The summed E-state index contributed by atoms with van der Waals surface area (Å²) in [4.78, 5) is 0. The molecule has 154 valence electrons. The minimum atomic E-state index is 0.468. The molecule has 10 heteroatoms. The third-order valence-electron chi connectivity index (χ3n) is 4.23. The molecule has 0 aliphatic carbocycles. The maximum atomic E-state index is 6.28. The van der Waals surface area contributed by atoms with E-state index in [0.717, 1.165) is 29.9 Å². The minimum Gasteiger partial charge on any atom is -0.362 e. The van der Waals surface area contributed by atoms with Crippen LogP contribution in [-0.4, -0.2) is 31.2 Å². The largest absolute Gasteiger partial charge is 0.362 e. The quantitative estimate of drug-likeness (QED) is 0.372. The second kappa shape index (κ2) is 9.80. The Morgan fingerprint density at radius 2 is 1.90 bits per heavy atom. The Morgan fingerprint density at radius 3 is 2.59 bits per heavy atom. The molecule has 2 N–H and O–H groups in total. The summed E-state index contributed by atoms with van der Waals surface area (Å²) in [5.41, 5.74) is 3.07. The SMILES string of the molecule is Cc1cc(C)n(CCCNC(=S)Nc2nn(Cc3ccc(Cl)cc3Cl)cc2Cl)n1. The van der Waals surface area contributed by atoms with Crippen LogP contribution in [0.1, 0.15) is 23.4 Å². The second-order valence-corrected chi connectivity index (χ2v) is 8.30. The molecule has 0 amide bonds. The monoisotopic (exact) mass is 470 g/mol. The zero-order chi connectivity index (χ0) is 21.0. The Kier molecular flexibility index (Phi) is 7.40. The van der Waals surface area contributed by atoms with Gasteiger partial charge in [0, 0.05) is 35.0 Å². The fraction of sp³-hybridized carbons (Fsp3) is 0.316. The number of anilines is 1. The normalized spacial score (nSPS) is 10.9. The van der Waals surface area contributed by atoms with Gasteiger partial charge >= 0.3 is 0 Å². The van der Waals surface area contributed by atoms with Gasteiger partial charge in [0.15, 0.2) is 10.9 Å². The van der Waals surface area contributed by atoms with Crippen molar-refractivity contribution in [1.82, 2.24) is 24.9 Å². The fourth-order valence-electron chi connectivity index (χ4n) is 2.87. The summed E-state index contributed by atoms with van der Waals surface area (Å²) in [6.07, 6.45) is 2.61. The molecule has 0 fully saturated rings. The summed E-state index contributed by atoms with van der Waals surface area (Å²) in [6, 6.07) is 7.42. The molecule has 2 heterocycles. The van der Waals surface area contributed by atoms with Crippen molar-refractivity contribution in [2.24, 2.45) is 0 Å². The van der Waals surface area contributed by atoms with Gasteiger partial charge < -0.3 is 10.6 Å². The van der Waals surface area contributed by atoms with Crippen molar-refractivity contribution in [2.45, 2.75) is 33.4 Å². The number of hydrogen-bond donors (Lipinski definition) is 2. The lowest BCUT2D eigenvalue weighted by Gasteiger charge is -2.10. The number of thiocarbonyl (C=S) groups is 1. The van der Waals surface area contributed by atoms with E-state index in [1.54, 1.807) is 23.0 Å². The average Bonchev–Trinajstić information content (AvgIpc) is 3.15. The molecule has 0 saturated carbocycles. The van der Waals surface area contributed by atoms with Crippen LogP contribution in [0.25, 0.3) is 0 Å². The molecule has 29 heavy (non-hydrogen) atoms. The molecule has 0 spiro atoms. The van der Waals surface area contributed by atoms with E-state index in [1.165, 1.54) is 0 Å². The van der Waals surface area contributed by atoms with Crippen molar-refractivity contribution in [3.8, 4) is 0 Å². The molecular formula is C19H21Cl3N6S. The number of nitrogens with zero attached hydrogens (tertiary/aromatic N) is 4. The standard InChI is InChI=1S/C19H21Cl3N6S/c1-12-8-13(2)28(25-12)7-3-6-23-19(29)24-18-17(22)11-27(26-18)10-14-4-5-15(20)9-16(14)21/h4-5,8-9,11H,3,6-7,10H2,1-2H3,(H2,23,24,26,29). The van der Waals surface area contributed by atoms with E-state index in [-0.39, 0.29) is 0 Å². The van der Waals surface area contributed by atoms with Gasteiger partial charge in [-0.15, -0.1) is 0 Å². The van der Waals surface area contributed by atoms with E-state index in [0.29, 0.717) is 39.1 Å². The predicted octanol–water partition coefficient (Wildman–Crippen LogP) is 5.08. The number of aromatic nitrogens is 4. The summed E-state index contributed by atoms with van der Waals surface area (Å²) in [5.74, 6) is 0.493. The predicted molar refractivity (Wildman–Crippen MR) is 123 cm³/mol. The van der Waals surface area contributed by atoms with Crippen LogP contribution < -0.4 is 10.6 Å². The third kappa shape index (κ3) is 6.09. The summed E-state index contributed by atoms with van der Waals surface area (Å²) >= 11 is 23.8. The Hall–Kier alpha value is -1.80. The van der Waals surface area contributed by atoms with Crippen molar-refractivity contribution in [3.05, 3.63) is 62.5 Å². The van der Waals surface area contributed by atoms with Crippen LogP contribution in [0.2, 0.25) is 15.1 Å². The number of nitrogens with one attached hydrogen (secondary N) is 2. The summed E-state index contributed by atoms with van der Waals surface area (Å²) in [6.45, 7) is 6.05. The Balaban J connectivity index is 1.49.